The zero-order valence-electron chi connectivity index (χ0n) is 13.6. The Morgan fingerprint density at radius 3 is 2.27 bits per heavy atom. The minimum atomic E-state index is -0.819. The van der Waals surface area contributed by atoms with Gasteiger partial charge in [-0.25, -0.2) is 4.79 Å². The van der Waals surface area contributed by atoms with Gasteiger partial charge in [0, 0.05) is 0 Å². The highest BCUT2D eigenvalue weighted by molar-refractivity contribution is 6.62. The van der Waals surface area contributed by atoms with Gasteiger partial charge in [0.2, 0.25) is 0 Å². The minimum Gasteiger partial charge on any atom is -0.497 e. The maximum atomic E-state index is 10.8. The zero-order valence-corrected chi connectivity index (χ0v) is 13.6. The molecule has 6 nitrogen and oxygen atoms in total. The summed E-state index contributed by atoms with van der Waals surface area (Å²) in [6.45, 7) is 8.03. The molecule has 1 aliphatic heterocycles. The Morgan fingerprint density at radius 2 is 1.77 bits per heavy atom. The molecule has 0 bridgehead atoms. The van der Waals surface area contributed by atoms with E-state index >= 15 is 0 Å². The van der Waals surface area contributed by atoms with Crippen LogP contribution < -0.4 is 15.9 Å². The lowest BCUT2D eigenvalue weighted by Crippen LogP contribution is -2.41. The van der Waals surface area contributed by atoms with E-state index in [2.05, 4.69) is 0 Å². The van der Waals surface area contributed by atoms with Crippen molar-refractivity contribution < 1.29 is 23.6 Å². The lowest BCUT2D eigenvalue weighted by atomic mass is 9.78. The number of carbonyl (C=O) groups is 1. The van der Waals surface area contributed by atoms with Crippen LogP contribution in [0, 0.1) is 0 Å². The first-order chi connectivity index (χ1) is 10.1. The molecule has 0 aromatic heterocycles. The van der Waals surface area contributed by atoms with Gasteiger partial charge in [-0.05, 0) is 50.9 Å². The van der Waals surface area contributed by atoms with Crippen molar-refractivity contribution in [2.45, 2.75) is 45.5 Å². The van der Waals surface area contributed by atoms with Crippen LogP contribution in [0.2, 0.25) is 0 Å². The summed E-state index contributed by atoms with van der Waals surface area (Å²) in [7, 11) is 1.06. The number of amides is 1. The van der Waals surface area contributed by atoms with E-state index in [-0.39, 0.29) is 6.61 Å². The molecule has 0 radical (unpaired) electrons. The molecule has 0 aliphatic carbocycles. The van der Waals surface area contributed by atoms with Crippen molar-refractivity contribution in [1.82, 2.24) is 0 Å². The molecular weight excluding hydrogens is 285 g/mol. The van der Waals surface area contributed by atoms with E-state index in [1.54, 1.807) is 13.2 Å². The van der Waals surface area contributed by atoms with Crippen molar-refractivity contribution in [3.05, 3.63) is 23.8 Å². The van der Waals surface area contributed by atoms with Crippen LogP contribution in [0.4, 0.5) is 4.79 Å². The molecular formula is C15H22BNO5. The van der Waals surface area contributed by atoms with Crippen LogP contribution in [-0.4, -0.2) is 31.5 Å². The number of benzene rings is 1. The van der Waals surface area contributed by atoms with Crippen molar-refractivity contribution in [2.24, 2.45) is 5.73 Å². The van der Waals surface area contributed by atoms with Crippen molar-refractivity contribution in [3.63, 3.8) is 0 Å². The van der Waals surface area contributed by atoms with Gasteiger partial charge in [-0.15, -0.1) is 0 Å². The number of hydrogen-bond acceptors (Lipinski definition) is 5. The first kappa shape index (κ1) is 16.6. The summed E-state index contributed by atoms with van der Waals surface area (Å²) in [5, 5.41) is 0. The Morgan fingerprint density at radius 1 is 1.18 bits per heavy atom. The molecule has 1 aromatic rings. The largest absolute Gasteiger partial charge is 0.497 e. The predicted octanol–water partition coefficient (Wildman–Crippen LogP) is 1.59. The minimum absolute atomic E-state index is 0.0685. The number of rotatable bonds is 4. The molecule has 0 saturated carbocycles. The maximum absolute atomic E-state index is 10.8. The number of nitrogens with two attached hydrogens (primary N) is 1. The van der Waals surface area contributed by atoms with Gasteiger partial charge in [0.05, 0.1) is 18.3 Å². The third-order valence-electron chi connectivity index (χ3n) is 4.13. The molecule has 0 unspecified atom stereocenters. The van der Waals surface area contributed by atoms with E-state index in [1.807, 2.05) is 39.8 Å². The highest BCUT2D eigenvalue weighted by Crippen LogP contribution is 2.36. The molecule has 1 aromatic carbocycles. The number of hydrogen-bond donors (Lipinski definition) is 1. The van der Waals surface area contributed by atoms with E-state index in [1.165, 1.54) is 0 Å². The fourth-order valence-corrected chi connectivity index (χ4v) is 2.16. The second kappa shape index (κ2) is 5.81. The van der Waals surface area contributed by atoms with Crippen LogP contribution in [0.25, 0.3) is 0 Å². The summed E-state index contributed by atoms with van der Waals surface area (Å²) in [6, 6.07) is 5.47. The summed E-state index contributed by atoms with van der Waals surface area (Å²) in [6.07, 6.45) is -0.819. The molecule has 1 fully saturated rings. The highest BCUT2D eigenvalue weighted by Gasteiger charge is 2.51. The first-order valence-electron chi connectivity index (χ1n) is 7.10. The van der Waals surface area contributed by atoms with Gasteiger partial charge in [-0.2, -0.15) is 0 Å². The number of ether oxygens (including phenoxy) is 2. The van der Waals surface area contributed by atoms with E-state index in [0.29, 0.717) is 5.75 Å². The monoisotopic (exact) mass is 307 g/mol. The molecule has 7 heteroatoms. The summed E-state index contributed by atoms with van der Waals surface area (Å²) >= 11 is 0. The Hall–Kier alpha value is -1.73. The van der Waals surface area contributed by atoms with Crippen LogP contribution in [0.3, 0.4) is 0 Å². The quantitative estimate of drug-likeness (QED) is 0.854. The normalized spacial score (nSPS) is 19.0. The van der Waals surface area contributed by atoms with Gasteiger partial charge in [0.15, 0.2) is 0 Å². The van der Waals surface area contributed by atoms with Crippen molar-refractivity contribution >= 4 is 18.7 Å². The van der Waals surface area contributed by atoms with Crippen LogP contribution in [0.1, 0.15) is 33.3 Å². The average Bonchev–Trinajstić information content (AvgIpc) is 2.65. The Balaban J connectivity index is 2.27. The molecule has 22 heavy (non-hydrogen) atoms. The van der Waals surface area contributed by atoms with Gasteiger partial charge in [0.25, 0.3) is 0 Å². The van der Waals surface area contributed by atoms with Gasteiger partial charge < -0.3 is 24.5 Å². The fraction of sp³-hybridized carbons (Fsp3) is 0.533. The highest BCUT2D eigenvalue weighted by atomic mass is 16.7. The van der Waals surface area contributed by atoms with Crippen molar-refractivity contribution in [2.75, 3.05) is 7.11 Å². The van der Waals surface area contributed by atoms with E-state index < -0.39 is 24.4 Å². The second-order valence-electron chi connectivity index (χ2n) is 6.31. The summed E-state index contributed by atoms with van der Waals surface area (Å²) in [4.78, 5) is 10.8. The lowest BCUT2D eigenvalue weighted by molar-refractivity contribution is 0.00578. The molecule has 0 atom stereocenters. The standard InChI is InChI=1S/C15H22BNO5/c1-14(2)15(3,4)22-16(21-14)11-6-10(9-20-13(17)18)7-12(8-11)19-5/h6-8H,9H2,1-5H3,(H2,17,18). The molecule has 2 N–H and O–H groups in total. The molecule has 1 amide bonds. The van der Waals surface area contributed by atoms with Gasteiger partial charge in [-0.3, -0.25) is 0 Å². The Bertz CT molecular complexity index is 557. The van der Waals surface area contributed by atoms with E-state index in [9.17, 15) is 4.79 Å². The summed E-state index contributed by atoms with van der Waals surface area (Å²) < 4.78 is 22.2. The van der Waals surface area contributed by atoms with Gasteiger partial charge in [0.1, 0.15) is 12.4 Å². The predicted molar refractivity (Wildman–Crippen MR) is 83.1 cm³/mol. The van der Waals surface area contributed by atoms with Crippen LogP contribution >= 0.6 is 0 Å². The van der Waals surface area contributed by atoms with E-state index in [4.69, 9.17) is 24.5 Å². The fourth-order valence-electron chi connectivity index (χ4n) is 2.16. The summed E-state index contributed by atoms with van der Waals surface area (Å²) in [5.74, 6) is 0.635. The van der Waals surface area contributed by atoms with Crippen molar-refractivity contribution in [1.29, 1.82) is 0 Å². The Labute approximate surface area is 131 Å². The molecule has 120 valence electrons. The zero-order chi connectivity index (χ0) is 16.5. The number of methoxy groups -OCH3 is 1. The molecule has 1 heterocycles. The topological polar surface area (TPSA) is 80.0 Å². The lowest BCUT2D eigenvalue weighted by Gasteiger charge is -2.32. The van der Waals surface area contributed by atoms with Crippen LogP contribution in [0.15, 0.2) is 18.2 Å². The summed E-state index contributed by atoms with van der Waals surface area (Å²) in [5.41, 5.74) is 5.71. The Kier molecular flexibility index (Phi) is 4.40. The van der Waals surface area contributed by atoms with E-state index in [0.717, 1.165) is 11.0 Å². The third-order valence-corrected chi connectivity index (χ3v) is 4.13. The number of primary amides is 1. The van der Waals surface area contributed by atoms with Gasteiger partial charge in [-0.1, -0.05) is 6.07 Å². The van der Waals surface area contributed by atoms with Crippen LogP contribution in [0.5, 0.6) is 5.75 Å². The molecule has 2 rings (SSSR count). The molecule has 1 aliphatic rings. The molecule has 1 saturated heterocycles. The average molecular weight is 307 g/mol. The smallest absolute Gasteiger partial charge is 0.494 e. The third kappa shape index (κ3) is 3.36. The van der Waals surface area contributed by atoms with Crippen LogP contribution in [-0.2, 0) is 20.7 Å². The second-order valence-corrected chi connectivity index (χ2v) is 6.31. The first-order valence-corrected chi connectivity index (χ1v) is 7.10. The SMILES string of the molecule is COc1cc(COC(N)=O)cc(B2OC(C)(C)C(C)(C)O2)c1. The molecule has 0 spiro atoms. The van der Waals surface area contributed by atoms with Crippen molar-refractivity contribution in [3.8, 4) is 5.75 Å². The number of carbonyl (C=O) groups excluding carboxylic acids is 1. The van der Waals surface area contributed by atoms with Gasteiger partial charge >= 0.3 is 13.2 Å². The maximum Gasteiger partial charge on any atom is 0.494 e.